The van der Waals surface area contributed by atoms with Crippen molar-refractivity contribution >= 4 is 23.6 Å². The third-order valence-corrected chi connectivity index (χ3v) is 3.88. The molecule has 0 radical (unpaired) electrons. The topological polar surface area (TPSA) is 66.8 Å². The molecular weight excluding hydrogens is 299 g/mol. The van der Waals surface area contributed by atoms with E-state index in [9.17, 15) is 27.9 Å². The predicted octanol–water partition coefficient (Wildman–Crippen LogP) is 1.58. The number of alkyl halides is 3. The van der Waals surface area contributed by atoms with Gasteiger partial charge in [-0.3, -0.25) is 9.59 Å². The Bertz CT molecular complexity index is 373. The number of aliphatic carboxylic acids is 1. The van der Waals surface area contributed by atoms with Crippen molar-refractivity contribution in [2.24, 2.45) is 5.41 Å². The second-order valence-corrected chi connectivity index (χ2v) is 5.71. The SMILES string of the molecule is COCC1(C(=O)O)CCCN(C(=O)CSC(F)(F)F)C1. The number of rotatable bonds is 5. The lowest BCUT2D eigenvalue weighted by Gasteiger charge is -2.39. The van der Waals surface area contributed by atoms with Crippen LogP contribution in [-0.4, -0.2) is 60.0 Å². The van der Waals surface area contributed by atoms with Crippen LogP contribution in [0.3, 0.4) is 0 Å². The number of halogens is 3. The number of thioether (sulfide) groups is 1. The zero-order chi connectivity index (χ0) is 15.4. The third-order valence-electron chi connectivity index (χ3n) is 3.16. The summed E-state index contributed by atoms with van der Waals surface area (Å²) < 4.78 is 41.1. The molecule has 1 fully saturated rings. The lowest BCUT2D eigenvalue weighted by Crippen LogP contribution is -2.52. The average molecular weight is 315 g/mol. The van der Waals surface area contributed by atoms with E-state index in [0.717, 1.165) is 0 Å². The van der Waals surface area contributed by atoms with E-state index < -0.39 is 40.3 Å². The molecule has 0 saturated carbocycles. The van der Waals surface area contributed by atoms with Gasteiger partial charge >= 0.3 is 11.5 Å². The van der Waals surface area contributed by atoms with Gasteiger partial charge in [0.2, 0.25) is 5.91 Å². The Labute approximate surface area is 118 Å². The largest absolute Gasteiger partial charge is 0.481 e. The standard InChI is InChI=1S/C11H16F3NO4S/c1-19-7-10(9(17)18)3-2-4-15(6-10)8(16)5-20-11(12,13)14/h2-7H2,1H3,(H,17,18). The Kier molecular flexibility index (Phi) is 5.69. The molecular formula is C11H16F3NO4S. The van der Waals surface area contributed by atoms with E-state index in [4.69, 9.17) is 4.74 Å². The van der Waals surface area contributed by atoms with E-state index in [0.29, 0.717) is 12.8 Å². The van der Waals surface area contributed by atoms with E-state index in [2.05, 4.69) is 0 Å². The normalized spacial score (nSPS) is 23.7. The first kappa shape index (κ1) is 17.1. The highest BCUT2D eigenvalue weighted by Crippen LogP contribution is 2.33. The number of carbonyl (C=O) groups is 2. The summed E-state index contributed by atoms with van der Waals surface area (Å²) in [5, 5.41) is 9.28. The number of piperidine rings is 1. The van der Waals surface area contributed by atoms with Crippen molar-refractivity contribution in [1.82, 2.24) is 4.90 Å². The van der Waals surface area contributed by atoms with Gasteiger partial charge in [0.05, 0.1) is 12.4 Å². The van der Waals surface area contributed by atoms with Crippen LogP contribution in [0.25, 0.3) is 0 Å². The van der Waals surface area contributed by atoms with Gasteiger partial charge in [-0.15, -0.1) is 0 Å². The summed E-state index contributed by atoms with van der Waals surface area (Å²) in [7, 11) is 1.35. The molecule has 20 heavy (non-hydrogen) atoms. The third kappa shape index (κ3) is 4.55. The fraction of sp³-hybridized carbons (Fsp3) is 0.818. The van der Waals surface area contributed by atoms with E-state index in [-0.39, 0.29) is 19.7 Å². The molecule has 0 aromatic heterocycles. The number of ether oxygens (including phenoxy) is 1. The lowest BCUT2D eigenvalue weighted by molar-refractivity contribution is -0.158. The van der Waals surface area contributed by atoms with Gasteiger partial charge in [-0.2, -0.15) is 13.2 Å². The number of carboxylic acids is 1. The van der Waals surface area contributed by atoms with Gasteiger partial charge in [-0.1, -0.05) is 0 Å². The number of nitrogens with zero attached hydrogens (tertiary/aromatic N) is 1. The van der Waals surface area contributed by atoms with Gasteiger partial charge in [-0.25, -0.2) is 0 Å². The van der Waals surface area contributed by atoms with Crippen LogP contribution in [-0.2, 0) is 14.3 Å². The molecule has 1 rings (SSSR count). The van der Waals surface area contributed by atoms with Gasteiger partial charge in [0.25, 0.3) is 0 Å². The van der Waals surface area contributed by atoms with Crippen molar-refractivity contribution < 1.29 is 32.6 Å². The monoisotopic (exact) mass is 315 g/mol. The van der Waals surface area contributed by atoms with Crippen LogP contribution in [0.15, 0.2) is 0 Å². The molecule has 1 atom stereocenters. The van der Waals surface area contributed by atoms with Crippen LogP contribution in [0, 0.1) is 5.41 Å². The Morgan fingerprint density at radius 2 is 2.10 bits per heavy atom. The van der Waals surface area contributed by atoms with Crippen molar-refractivity contribution in [2.75, 3.05) is 32.6 Å². The van der Waals surface area contributed by atoms with Gasteiger partial charge < -0.3 is 14.7 Å². The van der Waals surface area contributed by atoms with Crippen LogP contribution in [0.4, 0.5) is 13.2 Å². The molecule has 0 aliphatic carbocycles. The number of amides is 1. The van der Waals surface area contributed by atoms with E-state index >= 15 is 0 Å². The summed E-state index contributed by atoms with van der Waals surface area (Å²) in [6.07, 6.45) is 0.768. The highest BCUT2D eigenvalue weighted by atomic mass is 32.2. The molecule has 1 heterocycles. The van der Waals surface area contributed by atoms with Crippen molar-refractivity contribution in [3.8, 4) is 0 Å². The van der Waals surface area contributed by atoms with E-state index in [1.807, 2.05) is 0 Å². The minimum Gasteiger partial charge on any atom is -0.481 e. The molecule has 1 N–H and O–H groups in total. The lowest BCUT2D eigenvalue weighted by atomic mass is 9.80. The first-order valence-corrected chi connectivity index (χ1v) is 6.89. The van der Waals surface area contributed by atoms with E-state index in [1.165, 1.54) is 12.0 Å². The highest BCUT2D eigenvalue weighted by Gasteiger charge is 2.44. The number of likely N-dealkylation sites (tertiary alicyclic amines) is 1. The quantitative estimate of drug-likeness (QED) is 0.834. The van der Waals surface area contributed by atoms with Crippen molar-refractivity contribution in [3.05, 3.63) is 0 Å². The molecule has 1 unspecified atom stereocenters. The fourth-order valence-corrected chi connectivity index (χ4v) is 2.68. The second kappa shape index (κ2) is 6.66. The Hall–Kier alpha value is -0.960. The minimum absolute atomic E-state index is 0.0709. The molecule has 5 nitrogen and oxygen atoms in total. The summed E-state index contributed by atoms with van der Waals surface area (Å²) in [5.41, 5.74) is -5.70. The van der Waals surface area contributed by atoms with Crippen molar-refractivity contribution in [2.45, 2.75) is 18.3 Å². The Balaban J connectivity index is 2.68. The van der Waals surface area contributed by atoms with E-state index in [1.54, 1.807) is 0 Å². The Morgan fingerprint density at radius 3 is 2.60 bits per heavy atom. The van der Waals surface area contributed by atoms with Crippen LogP contribution < -0.4 is 0 Å². The second-order valence-electron chi connectivity index (χ2n) is 4.67. The maximum Gasteiger partial charge on any atom is 0.442 e. The van der Waals surface area contributed by atoms with Gasteiger partial charge in [-0.05, 0) is 24.6 Å². The fourth-order valence-electron chi connectivity index (χ4n) is 2.21. The van der Waals surface area contributed by atoms with Crippen LogP contribution in [0.1, 0.15) is 12.8 Å². The molecule has 0 spiro atoms. The number of carbonyl (C=O) groups excluding carboxylic acids is 1. The zero-order valence-electron chi connectivity index (χ0n) is 10.9. The highest BCUT2D eigenvalue weighted by molar-refractivity contribution is 8.00. The molecule has 0 bridgehead atoms. The molecule has 0 aromatic carbocycles. The molecule has 1 amide bonds. The molecule has 9 heteroatoms. The number of carboxylic acid groups (broad SMARTS) is 1. The van der Waals surface area contributed by atoms with Crippen molar-refractivity contribution in [1.29, 1.82) is 0 Å². The summed E-state index contributed by atoms with van der Waals surface area (Å²) in [5.74, 6) is -2.53. The minimum atomic E-state index is -4.47. The summed E-state index contributed by atoms with van der Waals surface area (Å²) in [4.78, 5) is 24.3. The average Bonchev–Trinajstić information content (AvgIpc) is 2.35. The van der Waals surface area contributed by atoms with Gasteiger partial charge in [0.1, 0.15) is 5.41 Å². The summed E-state index contributed by atoms with van der Waals surface area (Å²) in [6.45, 7) is 0.0853. The molecule has 1 aliphatic rings. The number of hydrogen-bond donors (Lipinski definition) is 1. The predicted molar refractivity (Wildman–Crippen MR) is 66.3 cm³/mol. The maximum atomic E-state index is 12.1. The first-order chi connectivity index (χ1) is 9.20. The van der Waals surface area contributed by atoms with Gasteiger partial charge in [0, 0.05) is 20.2 Å². The number of methoxy groups -OCH3 is 1. The van der Waals surface area contributed by atoms with Crippen LogP contribution in [0.2, 0.25) is 0 Å². The van der Waals surface area contributed by atoms with Crippen molar-refractivity contribution in [3.63, 3.8) is 0 Å². The number of hydrogen-bond acceptors (Lipinski definition) is 4. The summed E-state index contributed by atoms with van der Waals surface area (Å²) in [6, 6.07) is 0. The zero-order valence-corrected chi connectivity index (χ0v) is 11.7. The van der Waals surface area contributed by atoms with Crippen LogP contribution >= 0.6 is 11.8 Å². The first-order valence-electron chi connectivity index (χ1n) is 5.91. The molecule has 1 saturated heterocycles. The summed E-state index contributed by atoms with van der Waals surface area (Å²) >= 11 is -0.413. The maximum absolute atomic E-state index is 12.1. The Morgan fingerprint density at radius 1 is 1.45 bits per heavy atom. The van der Waals surface area contributed by atoms with Gasteiger partial charge in [0.15, 0.2) is 0 Å². The molecule has 116 valence electrons. The molecule has 1 aliphatic heterocycles. The van der Waals surface area contributed by atoms with Crippen LogP contribution in [0.5, 0.6) is 0 Å². The molecule has 0 aromatic rings. The smallest absolute Gasteiger partial charge is 0.442 e.